The van der Waals surface area contributed by atoms with Gasteiger partial charge < -0.3 is 33.2 Å². The largest absolute Gasteiger partial charge is 0.490 e. The molecule has 0 amide bonds. The van der Waals surface area contributed by atoms with Gasteiger partial charge in [0.05, 0.1) is 39.6 Å². The topological polar surface area (TPSA) is 81.7 Å². The molecule has 0 saturated carbocycles. The fourth-order valence-corrected chi connectivity index (χ4v) is 7.76. The molecule has 62 heavy (non-hydrogen) atoms. The molecule has 0 aliphatic carbocycles. The van der Waals surface area contributed by atoms with E-state index in [2.05, 4.69) is 71.9 Å². The molecule has 4 aromatic carbocycles. The number of esters is 1. The SMILES string of the molecule is CCCCCCOc1cc2c3cc(OCCCCCC)c(OCCCCCC)cc3c3cc(OCC(=O)OCCCC)c(OCCCCCC)cc3c2cc1OCCCCCC. The van der Waals surface area contributed by atoms with Gasteiger partial charge in [0, 0.05) is 0 Å². The molecule has 0 bridgehead atoms. The second-order valence-electron chi connectivity index (χ2n) is 16.9. The van der Waals surface area contributed by atoms with Crippen molar-refractivity contribution < 1.29 is 38.0 Å². The lowest BCUT2D eigenvalue weighted by molar-refractivity contribution is -0.146. The van der Waals surface area contributed by atoms with Gasteiger partial charge in [0.15, 0.2) is 41.1 Å². The van der Waals surface area contributed by atoms with Gasteiger partial charge in [0.1, 0.15) is 0 Å². The van der Waals surface area contributed by atoms with Crippen molar-refractivity contribution in [3.63, 3.8) is 0 Å². The molecule has 0 heterocycles. The molecule has 4 rings (SSSR count). The Morgan fingerprint density at radius 1 is 0.306 bits per heavy atom. The molecular formula is C54H82O8. The maximum atomic E-state index is 12.9. The second-order valence-corrected chi connectivity index (χ2v) is 16.9. The Morgan fingerprint density at radius 2 is 0.548 bits per heavy atom. The van der Waals surface area contributed by atoms with Gasteiger partial charge in [-0.1, -0.05) is 144 Å². The summed E-state index contributed by atoms with van der Waals surface area (Å²) in [5.74, 6) is 3.73. The maximum Gasteiger partial charge on any atom is 0.344 e. The van der Waals surface area contributed by atoms with Crippen LogP contribution in [0.1, 0.15) is 183 Å². The van der Waals surface area contributed by atoms with Gasteiger partial charge in [-0.15, -0.1) is 0 Å². The van der Waals surface area contributed by atoms with Crippen LogP contribution in [0.5, 0.6) is 34.5 Å². The molecule has 0 unspecified atom stereocenters. The van der Waals surface area contributed by atoms with Crippen LogP contribution in [-0.4, -0.2) is 52.2 Å². The highest BCUT2D eigenvalue weighted by molar-refractivity contribution is 6.26. The summed E-state index contributed by atoms with van der Waals surface area (Å²) in [6.07, 6.45) is 24.0. The van der Waals surface area contributed by atoms with Crippen LogP contribution >= 0.6 is 0 Å². The number of rotatable bonds is 36. The molecule has 8 heteroatoms. The Hall–Kier alpha value is -4.07. The molecule has 0 radical (unpaired) electrons. The summed E-state index contributed by atoms with van der Waals surface area (Å²) in [6, 6.07) is 12.8. The first-order valence-electron chi connectivity index (χ1n) is 25.0. The van der Waals surface area contributed by atoms with Crippen LogP contribution in [0, 0.1) is 0 Å². The lowest BCUT2D eigenvalue weighted by Crippen LogP contribution is -2.16. The van der Waals surface area contributed by atoms with E-state index < -0.39 is 5.97 Å². The Morgan fingerprint density at radius 3 is 0.790 bits per heavy atom. The summed E-state index contributed by atoms with van der Waals surface area (Å²) in [5.41, 5.74) is 0. The smallest absolute Gasteiger partial charge is 0.344 e. The lowest BCUT2D eigenvalue weighted by atomic mass is 9.93. The van der Waals surface area contributed by atoms with Crippen molar-refractivity contribution in [2.45, 2.75) is 183 Å². The molecule has 0 spiro atoms. The van der Waals surface area contributed by atoms with Gasteiger partial charge in [0.25, 0.3) is 0 Å². The third-order valence-electron chi connectivity index (χ3n) is 11.5. The number of carbonyl (C=O) groups is 1. The van der Waals surface area contributed by atoms with Crippen molar-refractivity contribution in [2.24, 2.45) is 0 Å². The minimum Gasteiger partial charge on any atom is -0.490 e. The molecule has 0 aliphatic heterocycles. The average Bonchev–Trinajstić information content (AvgIpc) is 3.28. The van der Waals surface area contributed by atoms with E-state index in [1.54, 1.807) is 0 Å². The van der Waals surface area contributed by atoms with Crippen LogP contribution in [0.3, 0.4) is 0 Å². The van der Waals surface area contributed by atoms with E-state index in [0.717, 1.165) is 145 Å². The Bertz CT molecular complexity index is 1820. The monoisotopic (exact) mass is 859 g/mol. The summed E-state index contributed by atoms with van der Waals surface area (Å²) < 4.78 is 44.8. The van der Waals surface area contributed by atoms with Crippen LogP contribution in [-0.2, 0) is 9.53 Å². The Kier molecular flexibility index (Phi) is 24.5. The second kappa shape index (κ2) is 30.1. The van der Waals surface area contributed by atoms with E-state index in [1.807, 2.05) is 6.07 Å². The molecule has 0 atom stereocenters. The molecule has 0 saturated heterocycles. The van der Waals surface area contributed by atoms with E-state index in [9.17, 15) is 4.79 Å². The Balaban J connectivity index is 1.96. The molecule has 4 aromatic rings. The number of benzene rings is 4. The highest BCUT2D eigenvalue weighted by atomic mass is 16.6. The number of fused-ring (bicyclic) bond motifs is 6. The van der Waals surface area contributed by atoms with Gasteiger partial charge in [-0.3, -0.25) is 0 Å². The third kappa shape index (κ3) is 16.6. The zero-order valence-corrected chi connectivity index (χ0v) is 39.7. The molecule has 346 valence electrons. The molecule has 0 aromatic heterocycles. The van der Waals surface area contributed by atoms with Crippen molar-refractivity contribution in [1.29, 1.82) is 0 Å². The number of hydrogen-bond donors (Lipinski definition) is 0. The third-order valence-corrected chi connectivity index (χ3v) is 11.5. The van der Waals surface area contributed by atoms with Gasteiger partial charge in [-0.25, -0.2) is 4.79 Å². The zero-order chi connectivity index (χ0) is 44.2. The number of unbranched alkanes of at least 4 members (excludes halogenated alkanes) is 16. The van der Waals surface area contributed by atoms with E-state index >= 15 is 0 Å². The van der Waals surface area contributed by atoms with Crippen LogP contribution in [0.2, 0.25) is 0 Å². The predicted octanol–water partition coefficient (Wildman–Crippen LogP) is 15.7. The fraction of sp³-hybridized carbons (Fsp3) is 0.648. The molecule has 0 N–H and O–H groups in total. The first kappa shape index (κ1) is 50.6. The van der Waals surface area contributed by atoms with Crippen LogP contribution in [0.15, 0.2) is 36.4 Å². The van der Waals surface area contributed by atoms with Crippen molar-refractivity contribution in [1.82, 2.24) is 0 Å². The molecule has 0 aliphatic rings. The van der Waals surface area contributed by atoms with E-state index in [4.69, 9.17) is 33.2 Å². The average molecular weight is 859 g/mol. The van der Waals surface area contributed by atoms with Crippen LogP contribution in [0.4, 0.5) is 0 Å². The van der Waals surface area contributed by atoms with Crippen molar-refractivity contribution >= 4 is 38.3 Å². The number of hydrogen-bond acceptors (Lipinski definition) is 8. The first-order chi connectivity index (χ1) is 30.5. The minimum atomic E-state index is -0.391. The van der Waals surface area contributed by atoms with E-state index in [1.165, 1.54) is 51.4 Å². The maximum absolute atomic E-state index is 12.9. The Labute approximate surface area is 375 Å². The molecule has 8 nitrogen and oxygen atoms in total. The highest BCUT2D eigenvalue weighted by Gasteiger charge is 2.21. The molecular weight excluding hydrogens is 777 g/mol. The van der Waals surface area contributed by atoms with Crippen molar-refractivity contribution in [2.75, 3.05) is 46.2 Å². The fourth-order valence-electron chi connectivity index (χ4n) is 7.76. The summed E-state index contributed by atoms with van der Waals surface area (Å²) in [7, 11) is 0. The van der Waals surface area contributed by atoms with E-state index in [0.29, 0.717) is 51.1 Å². The van der Waals surface area contributed by atoms with Crippen LogP contribution < -0.4 is 28.4 Å². The summed E-state index contributed by atoms with van der Waals surface area (Å²) >= 11 is 0. The lowest BCUT2D eigenvalue weighted by Gasteiger charge is -2.20. The quantitative estimate of drug-likeness (QED) is 0.0254. The number of ether oxygens (including phenoxy) is 7. The van der Waals surface area contributed by atoms with Crippen molar-refractivity contribution in [3.8, 4) is 34.5 Å². The number of carbonyl (C=O) groups excluding carboxylic acids is 1. The standard InChI is InChI=1S/C54H82O8/c1-7-13-19-24-30-56-48-35-42-43-36-49(57-31-25-20-14-8-2)51(59-33-27-22-16-10-4)38-45(43)47-40-53(62-41-54(55)61-29-18-12-6)52(60-34-28-23-17-11-5)39-46(47)44(42)37-50(48)58-32-26-21-15-9-3/h35-40H,7-34,41H2,1-6H3. The molecule has 0 fully saturated rings. The summed E-state index contributed by atoms with van der Waals surface area (Å²) in [4.78, 5) is 12.9. The summed E-state index contributed by atoms with van der Waals surface area (Å²) in [6.45, 7) is 16.4. The van der Waals surface area contributed by atoms with Gasteiger partial charge in [0.2, 0.25) is 0 Å². The zero-order valence-electron chi connectivity index (χ0n) is 39.7. The van der Waals surface area contributed by atoms with Gasteiger partial charge in [-0.2, -0.15) is 0 Å². The van der Waals surface area contributed by atoms with Crippen molar-refractivity contribution in [3.05, 3.63) is 36.4 Å². The van der Waals surface area contributed by atoms with Gasteiger partial charge >= 0.3 is 5.97 Å². The predicted molar refractivity (Wildman–Crippen MR) is 259 cm³/mol. The van der Waals surface area contributed by atoms with E-state index in [-0.39, 0.29) is 6.61 Å². The first-order valence-corrected chi connectivity index (χ1v) is 25.0. The van der Waals surface area contributed by atoms with Crippen LogP contribution in [0.25, 0.3) is 32.3 Å². The summed E-state index contributed by atoms with van der Waals surface area (Å²) in [5, 5.41) is 6.06. The highest BCUT2D eigenvalue weighted by Crippen LogP contribution is 2.47. The van der Waals surface area contributed by atoms with Gasteiger partial charge in [-0.05, 0) is 107 Å². The normalized spacial score (nSPS) is 11.4. The minimum absolute atomic E-state index is 0.204.